The van der Waals surface area contributed by atoms with Crippen molar-refractivity contribution in [3.05, 3.63) is 64.0 Å². The Balaban J connectivity index is 1.76. The first-order valence-corrected chi connectivity index (χ1v) is 9.05. The van der Waals surface area contributed by atoms with Crippen LogP contribution < -0.4 is 0 Å². The van der Waals surface area contributed by atoms with Crippen LogP contribution in [0.2, 0.25) is 0 Å². The zero-order valence-corrected chi connectivity index (χ0v) is 14.6. The molecule has 3 nitrogen and oxygen atoms in total. The Kier molecular flexibility index (Phi) is 4.88. The predicted molar refractivity (Wildman–Crippen MR) is 96.3 cm³/mol. The molecule has 0 atom stereocenters. The number of hydrogen-bond acceptors (Lipinski definition) is 5. The molecule has 0 aliphatic heterocycles. The molecule has 0 radical (unpaired) electrons. The summed E-state index contributed by atoms with van der Waals surface area (Å²) in [4.78, 5) is 23.2. The van der Waals surface area contributed by atoms with Gasteiger partial charge in [0, 0.05) is 16.1 Å². The largest absolute Gasteiger partial charge is 0.292 e. The quantitative estimate of drug-likeness (QED) is 0.380. The highest BCUT2D eigenvalue weighted by atomic mass is 32.2. The van der Waals surface area contributed by atoms with Gasteiger partial charge in [0.15, 0.2) is 10.9 Å². The van der Waals surface area contributed by atoms with Crippen LogP contribution in [0.3, 0.4) is 0 Å². The first kappa shape index (κ1) is 15.9. The van der Waals surface area contributed by atoms with Gasteiger partial charge in [-0.05, 0) is 32.0 Å². The molecule has 0 unspecified atom stereocenters. The number of thiophene rings is 1. The van der Waals surface area contributed by atoms with Gasteiger partial charge in [0.1, 0.15) is 0 Å². The Morgan fingerprint density at radius 3 is 2.57 bits per heavy atom. The van der Waals surface area contributed by atoms with Gasteiger partial charge in [0.05, 0.1) is 16.3 Å². The summed E-state index contributed by atoms with van der Waals surface area (Å²) in [5.74, 6) is 0.483. The van der Waals surface area contributed by atoms with Crippen molar-refractivity contribution in [1.29, 1.82) is 0 Å². The SMILES string of the molecule is Cc1cc(-c2ccccc2)nc(SCC(=O)c2ccc(C)s2)n1. The van der Waals surface area contributed by atoms with Crippen molar-refractivity contribution >= 4 is 28.9 Å². The van der Waals surface area contributed by atoms with Crippen LogP contribution >= 0.6 is 23.1 Å². The molecular formula is C18H16N2OS2. The van der Waals surface area contributed by atoms with Crippen LogP contribution in [0.1, 0.15) is 20.2 Å². The fourth-order valence-corrected chi connectivity index (χ4v) is 3.83. The van der Waals surface area contributed by atoms with Gasteiger partial charge in [0.2, 0.25) is 0 Å². The van der Waals surface area contributed by atoms with E-state index in [9.17, 15) is 4.79 Å². The van der Waals surface area contributed by atoms with Gasteiger partial charge in [-0.25, -0.2) is 9.97 Å². The summed E-state index contributed by atoms with van der Waals surface area (Å²) in [6.07, 6.45) is 0. The molecule has 0 aliphatic rings. The smallest absolute Gasteiger partial charge is 0.188 e. The van der Waals surface area contributed by atoms with Gasteiger partial charge >= 0.3 is 0 Å². The number of Topliss-reactive ketones (excluding diaryl/α,β-unsaturated/α-hetero) is 1. The molecule has 116 valence electrons. The second-order valence-electron chi connectivity index (χ2n) is 5.17. The summed E-state index contributed by atoms with van der Waals surface area (Å²) < 4.78 is 0. The lowest BCUT2D eigenvalue weighted by Crippen LogP contribution is -2.01. The van der Waals surface area contributed by atoms with Gasteiger partial charge in [-0.2, -0.15) is 0 Å². The van der Waals surface area contributed by atoms with E-state index < -0.39 is 0 Å². The van der Waals surface area contributed by atoms with E-state index >= 15 is 0 Å². The fraction of sp³-hybridized carbons (Fsp3) is 0.167. The Morgan fingerprint density at radius 1 is 1.09 bits per heavy atom. The number of ketones is 1. The lowest BCUT2D eigenvalue weighted by atomic mass is 10.1. The predicted octanol–water partition coefficient (Wildman–Crippen LogP) is 4.80. The maximum Gasteiger partial charge on any atom is 0.188 e. The second kappa shape index (κ2) is 7.06. The number of rotatable bonds is 5. The summed E-state index contributed by atoms with van der Waals surface area (Å²) in [6.45, 7) is 3.95. The molecular weight excluding hydrogens is 324 g/mol. The number of aryl methyl sites for hydroxylation is 2. The van der Waals surface area contributed by atoms with Crippen LogP contribution in [0.25, 0.3) is 11.3 Å². The third-order valence-corrected chi connectivity index (χ3v) is 5.14. The zero-order valence-electron chi connectivity index (χ0n) is 12.9. The van der Waals surface area contributed by atoms with Gasteiger partial charge in [-0.15, -0.1) is 11.3 Å². The molecule has 3 aromatic rings. The molecule has 23 heavy (non-hydrogen) atoms. The molecule has 3 rings (SSSR count). The van der Waals surface area contributed by atoms with Gasteiger partial charge in [0.25, 0.3) is 0 Å². The van der Waals surface area contributed by atoms with E-state index in [1.807, 2.05) is 62.4 Å². The van der Waals surface area contributed by atoms with Gasteiger partial charge < -0.3 is 0 Å². The van der Waals surface area contributed by atoms with Crippen LogP contribution in [0.15, 0.2) is 53.7 Å². The maximum absolute atomic E-state index is 12.2. The van der Waals surface area contributed by atoms with Gasteiger partial charge in [-0.1, -0.05) is 42.1 Å². The molecule has 5 heteroatoms. The second-order valence-corrected chi connectivity index (χ2v) is 7.40. The number of hydrogen-bond donors (Lipinski definition) is 0. The minimum atomic E-state index is 0.125. The highest BCUT2D eigenvalue weighted by Gasteiger charge is 2.11. The van der Waals surface area contributed by atoms with Gasteiger partial charge in [-0.3, -0.25) is 4.79 Å². The van der Waals surface area contributed by atoms with Crippen LogP contribution in [0.5, 0.6) is 0 Å². The van der Waals surface area contributed by atoms with E-state index in [1.165, 1.54) is 23.1 Å². The monoisotopic (exact) mass is 340 g/mol. The van der Waals surface area contributed by atoms with Crippen LogP contribution in [0.4, 0.5) is 0 Å². The number of carbonyl (C=O) groups is 1. The molecule has 2 heterocycles. The number of thioether (sulfide) groups is 1. The molecule has 2 aromatic heterocycles. The first-order valence-electron chi connectivity index (χ1n) is 7.25. The number of aromatic nitrogens is 2. The molecule has 0 spiro atoms. The summed E-state index contributed by atoms with van der Waals surface area (Å²) in [5.41, 5.74) is 2.85. The Labute approximate surface area is 143 Å². The molecule has 0 N–H and O–H groups in total. The molecule has 0 bridgehead atoms. The highest BCUT2D eigenvalue weighted by Crippen LogP contribution is 2.23. The average Bonchev–Trinajstić information content (AvgIpc) is 2.99. The summed E-state index contributed by atoms with van der Waals surface area (Å²) >= 11 is 2.92. The average molecular weight is 340 g/mol. The van der Waals surface area contributed by atoms with Crippen LogP contribution in [-0.4, -0.2) is 21.5 Å². The Morgan fingerprint density at radius 2 is 1.87 bits per heavy atom. The van der Waals surface area contributed by atoms with Crippen LogP contribution in [-0.2, 0) is 0 Å². The molecule has 0 saturated heterocycles. The summed E-state index contributed by atoms with van der Waals surface area (Å²) in [6, 6.07) is 15.8. The maximum atomic E-state index is 12.2. The highest BCUT2D eigenvalue weighted by molar-refractivity contribution is 7.99. The minimum absolute atomic E-state index is 0.125. The van der Waals surface area contributed by atoms with Crippen molar-refractivity contribution in [2.75, 3.05) is 5.75 Å². The van der Waals surface area contributed by atoms with Crippen LogP contribution in [0, 0.1) is 13.8 Å². The topological polar surface area (TPSA) is 42.9 Å². The molecule has 0 fully saturated rings. The standard InChI is InChI=1S/C18H16N2OS2/c1-12-10-15(14-6-4-3-5-7-14)20-18(19-12)22-11-16(21)17-9-8-13(2)23-17/h3-10H,11H2,1-2H3. The third kappa shape index (κ3) is 4.06. The molecule has 0 saturated carbocycles. The first-order chi connectivity index (χ1) is 11.1. The Hall–Kier alpha value is -1.98. The molecule has 0 aliphatic carbocycles. The minimum Gasteiger partial charge on any atom is -0.292 e. The van der Waals surface area contributed by atoms with E-state index in [0.29, 0.717) is 10.9 Å². The summed E-state index contributed by atoms with van der Waals surface area (Å²) in [5, 5.41) is 0.644. The normalized spacial score (nSPS) is 10.7. The molecule has 0 amide bonds. The van der Waals surface area contributed by atoms with E-state index in [4.69, 9.17) is 0 Å². The lowest BCUT2D eigenvalue weighted by molar-refractivity contribution is 0.102. The number of carbonyl (C=O) groups excluding carboxylic acids is 1. The van der Waals surface area contributed by atoms with E-state index in [2.05, 4.69) is 9.97 Å². The van der Waals surface area contributed by atoms with Crippen molar-refractivity contribution in [1.82, 2.24) is 9.97 Å². The fourth-order valence-electron chi connectivity index (χ4n) is 2.15. The third-order valence-electron chi connectivity index (χ3n) is 3.25. The van der Waals surface area contributed by atoms with Crippen molar-refractivity contribution < 1.29 is 4.79 Å². The van der Waals surface area contributed by atoms with E-state index in [1.54, 1.807) is 0 Å². The number of nitrogens with zero attached hydrogens (tertiary/aromatic N) is 2. The Bertz CT molecular complexity index is 828. The van der Waals surface area contributed by atoms with E-state index in [0.717, 1.165) is 26.7 Å². The van der Waals surface area contributed by atoms with E-state index in [-0.39, 0.29) is 5.78 Å². The lowest BCUT2D eigenvalue weighted by Gasteiger charge is -2.05. The van der Waals surface area contributed by atoms with Crippen molar-refractivity contribution in [2.45, 2.75) is 19.0 Å². The zero-order chi connectivity index (χ0) is 16.2. The van der Waals surface area contributed by atoms with Crippen molar-refractivity contribution in [3.8, 4) is 11.3 Å². The summed E-state index contributed by atoms with van der Waals surface area (Å²) in [7, 11) is 0. The van der Waals surface area contributed by atoms with Crippen molar-refractivity contribution in [2.24, 2.45) is 0 Å². The molecule has 1 aromatic carbocycles. The van der Waals surface area contributed by atoms with Crippen molar-refractivity contribution in [3.63, 3.8) is 0 Å². The number of benzene rings is 1.